The van der Waals surface area contributed by atoms with E-state index in [1.165, 1.54) is 0 Å². The monoisotopic (exact) mass is 263 g/mol. The molecule has 1 unspecified atom stereocenters. The van der Waals surface area contributed by atoms with Crippen molar-refractivity contribution in [2.45, 2.75) is 44.8 Å². The zero-order valence-electron chi connectivity index (χ0n) is 10.4. The summed E-state index contributed by atoms with van der Waals surface area (Å²) in [6.45, 7) is 7.04. The van der Waals surface area contributed by atoms with Gasteiger partial charge >= 0.3 is 0 Å². The van der Waals surface area contributed by atoms with Crippen molar-refractivity contribution < 1.29 is 4.79 Å². The van der Waals surface area contributed by atoms with E-state index in [0.717, 1.165) is 25.0 Å². The number of amides is 1. The van der Waals surface area contributed by atoms with Crippen LogP contribution in [0.1, 0.15) is 40.0 Å². The van der Waals surface area contributed by atoms with Gasteiger partial charge in [-0.1, -0.05) is 13.8 Å². The van der Waals surface area contributed by atoms with Crippen molar-refractivity contribution in [3.63, 3.8) is 0 Å². The number of carbonyl (C=O) groups is 1. The van der Waals surface area contributed by atoms with Crippen LogP contribution in [0.2, 0.25) is 0 Å². The Balaban J connectivity index is 2.40. The van der Waals surface area contributed by atoms with Crippen LogP contribution in [0.5, 0.6) is 0 Å². The average Bonchev–Trinajstić information content (AvgIpc) is 2.63. The summed E-state index contributed by atoms with van der Waals surface area (Å²) in [5.74, 6) is 1.95. The number of halogens is 1. The first-order valence-corrected chi connectivity index (χ1v) is 7.40. The minimum atomic E-state index is -0.197. The topological polar surface area (TPSA) is 29.1 Å². The zero-order chi connectivity index (χ0) is 12.2. The normalized spacial score (nSPS) is 25.8. The first-order valence-electron chi connectivity index (χ1n) is 5.88. The lowest BCUT2D eigenvalue weighted by Gasteiger charge is -2.27. The number of alkyl halides is 1. The highest BCUT2D eigenvalue weighted by Crippen LogP contribution is 2.37. The molecule has 0 bridgehead atoms. The molecule has 1 amide bonds. The molecule has 0 saturated carbocycles. The molecule has 4 heteroatoms. The van der Waals surface area contributed by atoms with E-state index in [1.807, 2.05) is 0 Å². The molecule has 1 rings (SSSR count). The fourth-order valence-electron chi connectivity index (χ4n) is 1.81. The highest BCUT2D eigenvalue weighted by Gasteiger charge is 2.37. The van der Waals surface area contributed by atoms with Crippen LogP contribution < -0.4 is 5.32 Å². The smallest absolute Gasteiger partial charge is 0.235 e. The molecule has 1 aliphatic heterocycles. The van der Waals surface area contributed by atoms with Crippen molar-refractivity contribution in [3.05, 3.63) is 0 Å². The van der Waals surface area contributed by atoms with Crippen LogP contribution in [0.25, 0.3) is 0 Å². The second kappa shape index (κ2) is 5.63. The van der Waals surface area contributed by atoms with Gasteiger partial charge < -0.3 is 5.32 Å². The van der Waals surface area contributed by atoms with E-state index in [1.54, 1.807) is 11.8 Å². The molecular formula is C12H22ClNOS. The van der Waals surface area contributed by atoms with Gasteiger partial charge in [0.25, 0.3) is 0 Å². The molecule has 16 heavy (non-hydrogen) atoms. The molecule has 1 heterocycles. The highest BCUT2D eigenvalue weighted by molar-refractivity contribution is 8.01. The van der Waals surface area contributed by atoms with Gasteiger partial charge in [-0.2, -0.15) is 0 Å². The molecule has 1 fully saturated rings. The Morgan fingerprint density at radius 3 is 2.75 bits per heavy atom. The lowest BCUT2D eigenvalue weighted by Crippen LogP contribution is -2.44. The molecule has 0 aromatic rings. The summed E-state index contributed by atoms with van der Waals surface area (Å²) in [4.78, 5) is 12.1. The molecule has 0 aromatic carbocycles. The van der Waals surface area contributed by atoms with Crippen LogP contribution in [-0.2, 0) is 4.79 Å². The average molecular weight is 264 g/mol. The van der Waals surface area contributed by atoms with Crippen LogP contribution in [0.4, 0.5) is 0 Å². The maximum absolute atomic E-state index is 12.1. The minimum absolute atomic E-state index is 0.0943. The van der Waals surface area contributed by atoms with Crippen molar-refractivity contribution in [2.75, 3.05) is 18.2 Å². The van der Waals surface area contributed by atoms with E-state index in [9.17, 15) is 4.79 Å². The molecule has 0 aliphatic carbocycles. The fourth-order valence-corrected chi connectivity index (χ4v) is 3.55. The van der Waals surface area contributed by atoms with Crippen LogP contribution in [0.15, 0.2) is 0 Å². The number of hydrogen-bond donors (Lipinski definition) is 1. The number of carbonyl (C=O) groups excluding carboxylic acids is 1. The van der Waals surface area contributed by atoms with E-state index in [-0.39, 0.29) is 16.1 Å². The first kappa shape index (κ1) is 14.2. The van der Waals surface area contributed by atoms with E-state index >= 15 is 0 Å². The molecule has 1 saturated heterocycles. The number of rotatable bonds is 5. The summed E-state index contributed by atoms with van der Waals surface area (Å²) >= 11 is 7.52. The van der Waals surface area contributed by atoms with Gasteiger partial charge in [-0.15, -0.1) is 23.4 Å². The molecule has 2 nitrogen and oxygen atoms in total. The lowest BCUT2D eigenvalue weighted by atomic mass is 9.90. The van der Waals surface area contributed by atoms with E-state index in [0.29, 0.717) is 12.4 Å². The Hall–Kier alpha value is 0.110. The Morgan fingerprint density at radius 2 is 2.25 bits per heavy atom. The third-order valence-corrected chi connectivity index (χ3v) is 4.91. The van der Waals surface area contributed by atoms with Crippen molar-refractivity contribution in [1.82, 2.24) is 5.32 Å². The van der Waals surface area contributed by atoms with Gasteiger partial charge in [-0.25, -0.2) is 0 Å². The standard InChI is InChI=1S/C12H22ClNOS/c1-11(2,6-7-13)9-14-10(15)12(3)5-4-8-16-12/h4-9H2,1-3H3,(H,14,15). The third-order valence-electron chi connectivity index (χ3n) is 3.20. The molecule has 1 atom stereocenters. The van der Waals surface area contributed by atoms with Crippen LogP contribution >= 0.6 is 23.4 Å². The van der Waals surface area contributed by atoms with Crippen LogP contribution in [0, 0.1) is 5.41 Å². The Kier molecular flexibility index (Phi) is 4.99. The Morgan fingerprint density at radius 1 is 1.56 bits per heavy atom. The Labute approximate surface area is 108 Å². The van der Waals surface area contributed by atoms with Gasteiger partial charge in [0.1, 0.15) is 0 Å². The second-order valence-electron chi connectivity index (χ2n) is 5.47. The molecular weight excluding hydrogens is 242 g/mol. The summed E-state index contributed by atoms with van der Waals surface area (Å²) in [5, 5.41) is 3.07. The van der Waals surface area contributed by atoms with Crippen LogP contribution in [-0.4, -0.2) is 28.8 Å². The van der Waals surface area contributed by atoms with E-state index in [4.69, 9.17) is 11.6 Å². The van der Waals surface area contributed by atoms with Crippen molar-refractivity contribution in [3.8, 4) is 0 Å². The Bertz CT molecular complexity index is 249. The van der Waals surface area contributed by atoms with Crippen molar-refractivity contribution in [2.24, 2.45) is 5.41 Å². The second-order valence-corrected chi connectivity index (χ2v) is 7.44. The van der Waals surface area contributed by atoms with Gasteiger partial charge in [0, 0.05) is 12.4 Å². The van der Waals surface area contributed by atoms with Gasteiger partial charge in [0.15, 0.2) is 0 Å². The largest absolute Gasteiger partial charge is 0.354 e. The summed E-state index contributed by atoms with van der Waals surface area (Å²) in [5.41, 5.74) is 0.0943. The number of hydrogen-bond acceptors (Lipinski definition) is 2. The predicted molar refractivity (Wildman–Crippen MR) is 72.2 cm³/mol. The first-order chi connectivity index (χ1) is 7.40. The molecule has 1 aliphatic rings. The van der Waals surface area contributed by atoms with Gasteiger partial charge in [-0.3, -0.25) is 4.79 Å². The zero-order valence-corrected chi connectivity index (χ0v) is 12.0. The summed E-state index contributed by atoms with van der Waals surface area (Å²) < 4.78 is -0.197. The maximum Gasteiger partial charge on any atom is 0.235 e. The van der Waals surface area contributed by atoms with Crippen molar-refractivity contribution in [1.29, 1.82) is 0 Å². The predicted octanol–water partition coefficient (Wildman–Crippen LogP) is 3.04. The summed E-state index contributed by atoms with van der Waals surface area (Å²) in [6, 6.07) is 0. The number of thioether (sulfide) groups is 1. The van der Waals surface area contributed by atoms with Crippen LogP contribution in [0.3, 0.4) is 0 Å². The molecule has 94 valence electrons. The summed E-state index contributed by atoms with van der Waals surface area (Å²) in [7, 11) is 0. The van der Waals surface area contributed by atoms with E-state index in [2.05, 4.69) is 26.1 Å². The lowest BCUT2D eigenvalue weighted by molar-refractivity contribution is -0.123. The molecule has 0 spiro atoms. The van der Waals surface area contributed by atoms with E-state index < -0.39 is 0 Å². The highest BCUT2D eigenvalue weighted by atomic mass is 35.5. The summed E-state index contributed by atoms with van der Waals surface area (Å²) in [6.07, 6.45) is 3.08. The van der Waals surface area contributed by atoms with Gasteiger partial charge in [-0.05, 0) is 37.4 Å². The maximum atomic E-state index is 12.1. The fraction of sp³-hybridized carbons (Fsp3) is 0.917. The molecule has 0 radical (unpaired) electrons. The molecule has 0 aromatic heterocycles. The van der Waals surface area contributed by atoms with Gasteiger partial charge in [0.05, 0.1) is 4.75 Å². The SMILES string of the molecule is CC(C)(CCCl)CNC(=O)C1(C)CCCS1. The quantitative estimate of drug-likeness (QED) is 0.773. The third kappa shape index (κ3) is 3.85. The minimum Gasteiger partial charge on any atom is -0.354 e. The van der Waals surface area contributed by atoms with Crippen molar-refractivity contribution >= 4 is 29.3 Å². The van der Waals surface area contributed by atoms with Gasteiger partial charge in [0.2, 0.25) is 5.91 Å². The number of nitrogens with one attached hydrogen (secondary N) is 1. The molecule has 1 N–H and O–H groups in total.